The second-order valence-corrected chi connectivity index (χ2v) is 8.75. The zero-order valence-electron chi connectivity index (χ0n) is 16.5. The Morgan fingerprint density at radius 3 is 2.57 bits per heavy atom. The maximum Gasteiger partial charge on any atom is 0.338 e. The smallest absolute Gasteiger partial charge is 0.338 e. The fourth-order valence-electron chi connectivity index (χ4n) is 4.33. The van der Waals surface area contributed by atoms with Crippen molar-refractivity contribution in [3.63, 3.8) is 0 Å². The molecular formula is C21H25ClN2O4. The Bertz CT molecular complexity index is 853. The van der Waals surface area contributed by atoms with Crippen LogP contribution in [0.3, 0.4) is 0 Å². The minimum Gasteiger partial charge on any atom is -0.465 e. The van der Waals surface area contributed by atoms with Crippen LogP contribution in [0.15, 0.2) is 6.07 Å². The molecule has 1 saturated heterocycles. The van der Waals surface area contributed by atoms with E-state index in [-0.39, 0.29) is 11.3 Å². The molecule has 0 amide bonds. The first kappa shape index (κ1) is 19.4. The van der Waals surface area contributed by atoms with E-state index in [4.69, 9.17) is 25.8 Å². The van der Waals surface area contributed by atoms with Crippen molar-refractivity contribution in [2.45, 2.75) is 45.3 Å². The van der Waals surface area contributed by atoms with E-state index >= 15 is 0 Å². The Morgan fingerprint density at radius 2 is 2.00 bits per heavy atom. The Labute approximate surface area is 170 Å². The average molecular weight is 405 g/mol. The highest BCUT2D eigenvalue weighted by Gasteiger charge is 2.49. The number of nitrogens with zero attached hydrogens (tertiary/aromatic N) is 2. The summed E-state index contributed by atoms with van der Waals surface area (Å²) in [5.41, 5.74) is 0.958. The van der Waals surface area contributed by atoms with Gasteiger partial charge in [-0.25, -0.2) is 4.79 Å². The fourth-order valence-corrected chi connectivity index (χ4v) is 4.57. The first-order chi connectivity index (χ1) is 13.3. The van der Waals surface area contributed by atoms with Crippen molar-refractivity contribution in [2.75, 3.05) is 26.7 Å². The van der Waals surface area contributed by atoms with Gasteiger partial charge in [0.25, 0.3) is 5.79 Å². The summed E-state index contributed by atoms with van der Waals surface area (Å²) >= 11 is 6.38. The van der Waals surface area contributed by atoms with E-state index in [1.54, 1.807) is 6.07 Å². The van der Waals surface area contributed by atoms with Gasteiger partial charge in [-0.15, -0.1) is 0 Å². The van der Waals surface area contributed by atoms with Gasteiger partial charge in [0.1, 0.15) is 0 Å². The number of esters is 1. The normalized spacial score (nSPS) is 26.0. The quantitative estimate of drug-likeness (QED) is 0.708. The number of piperidine rings is 1. The van der Waals surface area contributed by atoms with Crippen molar-refractivity contribution >= 4 is 17.6 Å². The van der Waals surface area contributed by atoms with Crippen LogP contribution in [-0.4, -0.2) is 43.4 Å². The summed E-state index contributed by atoms with van der Waals surface area (Å²) in [6.45, 7) is 6.47. The summed E-state index contributed by atoms with van der Waals surface area (Å²) in [6.07, 6.45) is 3.88. The molecule has 2 fully saturated rings. The molecular weight excluding hydrogens is 380 g/mol. The standard InChI is InChI=1S/C21H25ClN2O4/c1-13-15(19(25)26-3)10-16(22)18-17(13)27-20(2,28-18)14-4-8-24(9-5-14)12-21(11-23)6-7-21/h10,14H,4-9,12H2,1-3H3. The molecule has 7 heteroatoms. The van der Waals surface area contributed by atoms with Crippen LogP contribution < -0.4 is 9.47 Å². The predicted octanol–water partition coefficient (Wildman–Crippen LogP) is 3.94. The number of carbonyl (C=O) groups excluding carboxylic acids is 1. The maximum atomic E-state index is 12.0. The number of fused-ring (bicyclic) bond motifs is 1. The van der Waals surface area contributed by atoms with Crippen LogP contribution in [0.2, 0.25) is 5.02 Å². The topological polar surface area (TPSA) is 71.8 Å². The van der Waals surface area contributed by atoms with Crippen molar-refractivity contribution in [2.24, 2.45) is 11.3 Å². The second-order valence-electron chi connectivity index (χ2n) is 8.34. The summed E-state index contributed by atoms with van der Waals surface area (Å²) in [4.78, 5) is 14.4. The lowest BCUT2D eigenvalue weighted by molar-refractivity contribution is -0.125. The number of likely N-dealkylation sites (tertiary alicyclic amines) is 1. The molecule has 2 heterocycles. The van der Waals surface area contributed by atoms with Gasteiger partial charge in [-0.3, -0.25) is 0 Å². The van der Waals surface area contributed by atoms with E-state index in [2.05, 4.69) is 11.0 Å². The highest BCUT2D eigenvalue weighted by atomic mass is 35.5. The van der Waals surface area contributed by atoms with Crippen molar-refractivity contribution in [1.29, 1.82) is 5.26 Å². The molecule has 0 N–H and O–H groups in total. The largest absolute Gasteiger partial charge is 0.465 e. The number of methoxy groups -OCH3 is 1. The number of hydrogen-bond donors (Lipinski definition) is 0. The van der Waals surface area contributed by atoms with E-state index in [1.807, 2.05) is 13.8 Å². The van der Waals surface area contributed by atoms with Crippen molar-refractivity contribution in [3.05, 3.63) is 22.2 Å². The third kappa shape index (κ3) is 3.21. The number of hydrogen-bond acceptors (Lipinski definition) is 6. The number of carbonyl (C=O) groups is 1. The van der Waals surface area contributed by atoms with E-state index in [0.29, 0.717) is 27.6 Å². The van der Waals surface area contributed by atoms with E-state index in [9.17, 15) is 10.1 Å². The van der Waals surface area contributed by atoms with Crippen LogP contribution in [0, 0.1) is 29.6 Å². The molecule has 1 atom stereocenters. The molecule has 28 heavy (non-hydrogen) atoms. The van der Waals surface area contributed by atoms with Gasteiger partial charge in [-0.2, -0.15) is 5.26 Å². The third-order valence-electron chi connectivity index (χ3n) is 6.40. The molecule has 2 aliphatic heterocycles. The lowest BCUT2D eigenvalue weighted by Gasteiger charge is -2.39. The van der Waals surface area contributed by atoms with E-state index < -0.39 is 11.8 Å². The molecule has 1 aliphatic carbocycles. The Morgan fingerprint density at radius 1 is 1.36 bits per heavy atom. The number of benzene rings is 1. The van der Waals surface area contributed by atoms with E-state index in [1.165, 1.54) is 7.11 Å². The predicted molar refractivity (Wildman–Crippen MR) is 104 cm³/mol. The van der Waals surface area contributed by atoms with Crippen molar-refractivity contribution in [1.82, 2.24) is 4.90 Å². The molecule has 0 radical (unpaired) electrons. The fraction of sp³-hybridized carbons (Fsp3) is 0.619. The zero-order chi connectivity index (χ0) is 20.1. The zero-order valence-corrected chi connectivity index (χ0v) is 17.3. The summed E-state index contributed by atoms with van der Waals surface area (Å²) in [7, 11) is 1.34. The van der Waals surface area contributed by atoms with Crippen LogP contribution in [0.25, 0.3) is 0 Å². The number of halogens is 1. The number of nitriles is 1. The summed E-state index contributed by atoms with van der Waals surface area (Å²) in [5, 5.41) is 9.68. The minimum atomic E-state index is -0.815. The first-order valence-corrected chi connectivity index (χ1v) is 10.1. The van der Waals surface area contributed by atoms with Gasteiger partial charge in [0, 0.05) is 24.9 Å². The SMILES string of the molecule is COC(=O)c1cc(Cl)c2c(c1C)OC(C)(C1CCN(CC3(C#N)CC3)CC1)O2. The summed E-state index contributed by atoms with van der Waals surface area (Å²) in [6, 6.07) is 4.05. The molecule has 4 rings (SSSR count). The van der Waals surface area contributed by atoms with E-state index in [0.717, 1.165) is 45.3 Å². The molecule has 1 aromatic rings. The van der Waals surface area contributed by atoms with Crippen LogP contribution in [0.4, 0.5) is 0 Å². The van der Waals surface area contributed by atoms with Crippen LogP contribution in [0.5, 0.6) is 11.5 Å². The minimum absolute atomic E-state index is 0.109. The van der Waals surface area contributed by atoms with Gasteiger partial charge in [-0.1, -0.05) is 11.6 Å². The number of rotatable bonds is 4. The molecule has 0 aromatic heterocycles. The van der Waals surface area contributed by atoms with Gasteiger partial charge in [0.2, 0.25) is 0 Å². The molecule has 0 spiro atoms. The molecule has 1 aromatic carbocycles. The summed E-state index contributed by atoms with van der Waals surface area (Å²) < 4.78 is 17.3. The van der Waals surface area contributed by atoms with Gasteiger partial charge >= 0.3 is 5.97 Å². The van der Waals surface area contributed by atoms with Gasteiger partial charge < -0.3 is 19.1 Å². The highest BCUT2D eigenvalue weighted by Crippen LogP contribution is 2.51. The van der Waals surface area contributed by atoms with Crippen LogP contribution in [-0.2, 0) is 4.74 Å². The van der Waals surface area contributed by atoms with Crippen molar-refractivity contribution < 1.29 is 19.0 Å². The molecule has 150 valence electrons. The monoisotopic (exact) mass is 404 g/mol. The van der Waals surface area contributed by atoms with Crippen molar-refractivity contribution in [3.8, 4) is 17.6 Å². The van der Waals surface area contributed by atoms with Gasteiger partial charge in [-0.05, 0) is 51.8 Å². The van der Waals surface area contributed by atoms with Gasteiger partial charge in [0.15, 0.2) is 11.5 Å². The van der Waals surface area contributed by atoms with Crippen LogP contribution >= 0.6 is 11.6 Å². The molecule has 3 aliphatic rings. The molecule has 1 unspecified atom stereocenters. The Balaban J connectivity index is 1.48. The maximum absolute atomic E-state index is 12.0. The molecule has 1 saturated carbocycles. The Hall–Kier alpha value is -1.97. The summed E-state index contributed by atoms with van der Waals surface area (Å²) in [5.74, 6) is -0.0357. The second kappa shape index (κ2) is 6.82. The average Bonchev–Trinajstić information content (AvgIpc) is 3.37. The third-order valence-corrected chi connectivity index (χ3v) is 6.68. The Kier molecular flexibility index (Phi) is 4.71. The first-order valence-electron chi connectivity index (χ1n) is 9.74. The lowest BCUT2D eigenvalue weighted by atomic mass is 9.88. The van der Waals surface area contributed by atoms with Gasteiger partial charge in [0.05, 0.1) is 29.2 Å². The highest BCUT2D eigenvalue weighted by molar-refractivity contribution is 6.32. The molecule has 0 bridgehead atoms. The number of ether oxygens (including phenoxy) is 3. The molecule has 6 nitrogen and oxygen atoms in total. The lowest BCUT2D eigenvalue weighted by Crippen LogP contribution is -2.49. The van der Waals surface area contributed by atoms with Crippen LogP contribution in [0.1, 0.15) is 48.5 Å².